The van der Waals surface area contributed by atoms with Gasteiger partial charge in [0.2, 0.25) is 5.91 Å². The number of Topliss-reactive ketones (excluding diaryl/α,β-unsaturated/α-hetero) is 1. The molecule has 0 aliphatic rings. The molecule has 3 N–H and O–H groups in total. The smallest absolute Gasteiger partial charge is 0.237 e. The first-order valence-corrected chi connectivity index (χ1v) is 9.43. The van der Waals surface area contributed by atoms with Gasteiger partial charge in [-0.25, -0.2) is 0 Å². The van der Waals surface area contributed by atoms with Crippen molar-refractivity contribution in [1.82, 2.24) is 5.32 Å². The van der Waals surface area contributed by atoms with Crippen molar-refractivity contribution >= 4 is 29.7 Å². The van der Waals surface area contributed by atoms with Crippen LogP contribution in [0.4, 0.5) is 0 Å². The maximum Gasteiger partial charge on any atom is 0.237 e. The lowest BCUT2D eigenvalue weighted by Crippen LogP contribution is -2.49. The number of aldehydes is 1. The minimum absolute atomic E-state index is 0.213. The summed E-state index contributed by atoms with van der Waals surface area (Å²) in [7, 11) is 0. The largest absolute Gasteiger partial charge is 0.345 e. The van der Waals surface area contributed by atoms with Gasteiger partial charge in [0, 0.05) is 11.1 Å². The molecule has 0 heterocycles. The van der Waals surface area contributed by atoms with Crippen molar-refractivity contribution in [2.24, 2.45) is 11.7 Å². The summed E-state index contributed by atoms with van der Waals surface area (Å²) in [5.74, 6) is 0.416. The summed E-state index contributed by atoms with van der Waals surface area (Å²) in [6.45, 7) is 3.96. The second-order valence-electron chi connectivity index (χ2n) is 6.15. The van der Waals surface area contributed by atoms with Crippen LogP contribution in [-0.2, 0) is 4.79 Å². The Morgan fingerprint density at radius 3 is 2.54 bits per heavy atom. The maximum absolute atomic E-state index is 12.8. The van der Waals surface area contributed by atoms with Gasteiger partial charge in [-0.3, -0.25) is 14.4 Å². The SMILES string of the molecule is CSCC[C@H](N)C(=O)N[C@@H](CC(C)C)C(=O)c1ccccc1C=O. The summed E-state index contributed by atoms with van der Waals surface area (Å²) in [4.78, 5) is 36.2. The lowest BCUT2D eigenvalue weighted by atomic mass is 9.93. The molecule has 132 valence electrons. The van der Waals surface area contributed by atoms with Crippen LogP contribution in [0.15, 0.2) is 24.3 Å². The molecule has 0 fully saturated rings. The number of ketones is 1. The Bertz CT molecular complexity index is 575. The molecule has 2 atom stereocenters. The van der Waals surface area contributed by atoms with E-state index in [0.29, 0.717) is 30.3 Å². The van der Waals surface area contributed by atoms with E-state index in [1.807, 2.05) is 20.1 Å². The van der Waals surface area contributed by atoms with E-state index in [4.69, 9.17) is 5.73 Å². The average Bonchev–Trinajstić information content (AvgIpc) is 2.57. The first-order chi connectivity index (χ1) is 11.4. The molecule has 1 amide bonds. The quantitative estimate of drug-likeness (QED) is 0.499. The van der Waals surface area contributed by atoms with Gasteiger partial charge in [0.25, 0.3) is 0 Å². The van der Waals surface area contributed by atoms with Gasteiger partial charge < -0.3 is 11.1 Å². The maximum atomic E-state index is 12.8. The standard InChI is InChI=1S/C18H26N2O3S/c1-12(2)10-16(20-18(23)15(19)8-9-24-3)17(22)14-7-5-4-6-13(14)11-21/h4-7,11-12,15-16H,8-10,19H2,1-3H3,(H,20,23)/t15-,16-/m0/s1. The van der Waals surface area contributed by atoms with Gasteiger partial charge in [-0.05, 0) is 30.8 Å². The molecular formula is C18H26N2O3S. The first-order valence-electron chi connectivity index (χ1n) is 8.04. The van der Waals surface area contributed by atoms with Gasteiger partial charge in [-0.2, -0.15) is 11.8 Å². The third-order valence-corrected chi connectivity index (χ3v) is 4.31. The Balaban J connectivity index is 2.94. The first kappa shape index (κ1) is 20.4. The van der Waals surface area contributed by atoms with Gasteiger partial charge in [0.05, 0.1) is 12.1 Å². The van der Waals surface area contributed by atoms with Crippen molar-refractivity contribution in [2.45, 2.75) is 38.8 Å². The molecule has 24 heavy (non-hydrogen) atoms. The molecule has 1 aromatic rings. The minimum atomic E-state index is -0.682. The minimum Gasteiger partial charge on any atom is -0.345 e. The molecule has 0 unspecified atom stereocenters. The van der Waals surface area contributed by atoms with Crippen LogP contribution in [0.25, 0.3) is 0 Å². The number of carbonyl (C=O) groups is 3. The molecule has 1 rings (SSSR count). The fourth-order valence-corrected chi connectivity index (χ4v) is 2.86. The number of amides is 1. The van der Waals surface area contributed by atoms with E-state index in [2.05, 4.69) is 5.32 Å². The predicted octanol–water partition coefficient (Wildman–Crippen LogP) is 2.29. The lowest BCUT2D eigenvalue weighted by Gasteiger charge is -2.22. The number of thioether (sulfide) groups is 1. The highest BCUT2D eigenvalue weighted by Gasteiger charge is 2.26. The van der Waals surface area contributed by atoms with Crippen molar-refractivity contribution in [3.8, 4) is 0 Å². The molecule has 0 saturated heterocycles. The van der Waals surface area contributed by atoms with E-state index >= 15 is 0 Å². The highest BCUT2D eigenvalue weighted by Crippen LogP contribution is 2.15. The topological polar surface area (TPSA) is 89.3 Å². The van der Waals surface area contributed by atoms with Crippen molar-refractivity contribution in [3.05, 3.63) is 35.4 Å². The number of rotatable bonds is 10. The van der Waals surface area contributed by atoms with Gasteiger partial charge in [-0.1, -0.05) is 38.1 Å². The number of carbonyl (C=O) groups excluding carboxylic acids is 3. The fourth-order valence-electron chi connectivity index (χ4n) is 2.37. The Morgan fingerprint density at radius 1 is 1.29 bits per heavy atom. The van der Waals surface area contributed by atoms with E-state index in [0.717, 1.165) is 5.75 Å². The van der Waals surface area contributed by atoms with Crippen LogP contribution in [-0.4, -0.2) is 42.1 Å². The van der Waals surface area contributed by atoms with Crippen LogP contribution in [0.5, 0.6) is 0 Å². The van der Waals surface area contributed by atoms with Crippen molar-refractivity contribution < 1.29 is 14.4 Å². The molecule has 0 aliphatic carbocycles. The van der Waals surface area contributed by atoms with E-state index < -0.39 is 12.1 Å². The molecule has 0 aliphatic heterocycles. The van der Waals surface area contributed by atoms with Crippen molar-refractivity contribution in [3.63, 3.8) is 0 Å². The Morgan fingerprint density at radius 2 is 1.96 bits per heavy atom. The second-order valence-corrected chi connectivity index (χ2v) is 7.13. The zero-order valence-electron chi connectivity index (χ0n) is 14.5. The summed E-state index contributed by atoms with van der Waals surface area (Å²) < 4.78 is 0. The Kier molecular flexibility index (Phi) is 8.71. The lowest BCUT2D eigenvalue weighted by molar-refractivity contribution is -0.122. The van der Waals surface area contributed by atoms with Gasteiger partial charge in [0.15, 0.2) is 12.1 Å². The van der Waals surface area contributed by atoms with Crippen LogP contribution in [0, 0.1) is 5.92 Å². The summed E-state index contributed by atoms with van der Waals surface area (Å²) in [6, 6.07) is 5.30. The number of nitrogens with one attached hydrogen (secondary N) is 1. The zero-order chi connectivity index (χ0) is 18.1. The molecule has 0 saturated carbocycles. The molecule has 0 spiro atoms. The molecule has 0 bridgehead atoms. The Labute approximate surface area is 147 Å². The van der Waals surface area contributed by atoms with Gasteiger partial charge in [0.1, 0.15) is 0 Å². The van der Waals surface area contributed by atoms with E-state index in [-0.39, 0.29) is 17.6 Å². The third kappa shape index (κ3) is 6.09. The molecule has 6 heteroatoms. The molecule has 0 radical (unpaired) electrons. The third-order valence-electron chi connectivity index (χ3n) is 3.66. The normalized spacial score (nSPS) is 13.4. The fraction of sp³-hybridized carbons (Fsp3) is 0.500. The van der Waals surface area contributed by atoms with E-state index in [1.165, 1.54) is 0 Å². The summed E-state index contributed by atoms with van der Waals surface area (Å²) in [5, 5.41) is 2.77. The van der Waals surface area contributed by atoms with Crippen LogP contribution in [0.1, 0.15) is 47.4 Å². The highest BCUT2D eigenvalue weighted by molar-refractivity contribution is 7.98. The van der Waals surface area contributed by atoms with E-state index in [1.54, 1.807) is 36.0 Å². The zero-order valence-corrected chi connectivity index (χ0v) is 15.3. The van der Waals surface area contributed by atoms with Crippen LogP contribution in [0.2, 0.25) is 0 Å². The van der Waals surface area contributed by atoms with Crippen molar-refractivity contribution in [1.29, 1.82) is 0 Å². The average molecular weight is 350 g/mol. The van der Waals surface area contributed by atoms with Crippen LogP contribution in [0.3, 0.4) is 0 Å². The van der Waals surface area contributed by atoms with Crippen LogP contribution >= 0.6 is 11.8 Å². The summed E-state index contributed by atoms with van der Waals surface area (Å²) in [5.41, 5.74) is 6.54. The summed E-state index contributed by atoms with van der Waals surface area (Å²) >= 11 is 1.62. The predicted molar refractivity (Wildman–Crippen MR) is 98.5 cm³/mol. The monoisotopic (exact) mass is 350 g/mol. The number of nitrogens with two attached hydrogens (primary N) is 1. The van der Waals surface area contributed by atoms with E-state index in [9.17, 15) is 14.4 Å². The highest BCUT2D eigenvalue weighted by atomic mass is 32.2. The molecule has 0 aromatic heterocycles. The molecule has 5 nitrogen and oxygen atoms in total. The molecule has 1 aromatic carbocycles. The van der Waals surface area contributed by atoms with Gasteiger partial charge in [-0.15, -0.1) is 0 Å². The molecular weight excluding hydrogens is 324 g/mol. The number of hydrogen-bond donors (Lipinski definition) is 2. The van der Waals surface area contributed by atoms with Crippen LogP contribution < -0.4 is 11.1 Å². The summed E-state index contributed by atoms with van der Waals surface area (Å²) in [6.07, 6.45) is 3.66. The Hall–Kier alpha value is -1.66. The second kappa shape index (κ2) is 10.3. The van der Waals surface area contributed by atoms with Gasteiger partial charge >= 0.3 is 0 Å². The van der Waals surface area contributed by atoms with Crippen molar-refractivity contribution in [2.75, 3.05) is 12.0 Å². The number of benzene rings is 1. The number of hydrogen-bond acceptors (Lipinski definition) is 5.